The average molecular weight is 259 g/mol. The van der Waals surface area contributed by atoms with Crippen molar-refractivity contribution < 1.29 is 0 Å². The van der Waals surface area contributed by atoms with Crippen LogP contribution >= 0.6 is 0 Å². The summed E-state index contributed by atoms with van der Waals surface area (Å²) in [6, 6.07) is 0. The minimum Gasteiger partial charge on any atom is -0.424 e. The van der Waals surface area contributed by atoms with Gasteiger partial charge in [-0.2, -0.15) is 0 Å². The first-order valence-corrected chi connectivity index (χ1v) is 15.0. The van der Waals surface area contributed by atoms with E-state index in [4.69, 9.17) is 0 Å². The molecule has 0 fully saturated rings. The Morgan fingerprint density at radius 3 is 0.933 bits per heavy atom. The standard InChI is InChI=1S/C12H30Si3/c1-11(2,3)14(7,8)13-15(9,10)12(4,5)6/h1-10H3/q-1. The highest BCUT2D eigenvalue weighted by Crippen LogP contribution is 2.42. The van der Waals surface area contributed by atoms with Crippen LogP contribution in [0.4, 0.5) is 0 Å². The summed E-state index contributed by atoms with van der Waals surface area (Å²) in [6.45, 7) is 25.0. The van der Waals surface area contributed by atoms with E-state index in [0.717, 1.165) is 0 Å². The molecular formula is C12H30Si3-. The maximum Gasteiger partial charge on any atom is -0.0654 e. The minimum atomic E-state index is -1.06. The Balaban J connectivity index is 4.89. The number of rotatable bonds is 2. The third-order valence-corrected chi connectivity index (χ3v) is 32.6. The molecule has 0 saturated carbocycles. The molecule has 0 aliphatic rings. The predicted octanol–water partition coefficient (Wildman–Crippen LogP) is 4.70. The van der Waals surface area contributed by atoms with Crippen molar-refractivity contribution in [1.29, 1.82) is 0 Å². The summed E-state index contributed by atoms with van der Waals surface area (Å²) in [5.74, 6) is 0. The lowest BCUT2D eigenvalue weighted by Crippen LogP contribution is -2.59. The molecule has 0 saturated heterocycles. The molecule has 0 aromatic carbocycles. The van der Waals surface area contributed by atoms with Crippen LogP contribution in [-0.2, 0) is 0 Å². The van der Waals surface area contributed by atoms with E-state index in [1.807, 2.05) is 0 Å². The molecule has 1 radical (unpaired) electrons. The van der Waals surface area contributed by atoms with E-state index in [0.29, 0.717) is 10.1 Å². The zero-order chi connectivity index (χ0) is 12.7. The van der Waals surface area contributed by atoms with Gasteiger partial charge < -0.3 is 8.55 Å². The van der Waals surface area contributed by atoms with E-state index < -0.39 is 15.2 Å². The highest BCUT2D eigenvalue weighted by Gasteiger charge is 2.32. The molecule has 91 valence electrons. The van der Waals surface area contributed by atoms with E-state index in [1.165, 1.54) is 8.55 Å². The summed E-state index contributed by atoms with van der Waals surface area (Å²) in [7, 11) is -0.855. The number of hydrogen-bond donors (Lipinski definition) is 0. The smallest absolute Gasteiger partial charge is 0.0654 e. The van der Waals surface area contributed by atoms with Crippen molar-refractivity contribution in [2.45, 2.75) is 77.8 Å². The van der Waals surface area contributed by atoms with Gasteiger partial charge in [0, 0.05) is 0 Å². The topological polar surface area (TPSA) is 0 Å². The molecule has 0 bridgehead atoms. The molecule has 0 amide bonds. The zero-order valence-corrected chi connectivity index (χ0v) is 15.5. The van der Waals surface area contributed by atoms with Crippen molar-refractivity contribution in [3.05, 3.63) is 0 Å². The summed E-state index contributed by atoms with van der Waals surface area (Å²) < 4.78 is 0. The Hall–Kier alpha value is 0.651. The highest BCUT2D eigenvalue weighted by atomic mass is 29.6. The monoisotopic (exact) mass is 258 g/mol. The first kappa shape index (κ1) is 15.7. The van der Waals surface area contributed by atoms with Crippen LogP contribution in [0.15, 0.2) is 0 Å². The van der Waals surface area contributed by atoms with Gasteiger partial charge in [-0.05, 0) is 0 Å². The van der Waals surface area contributed by atoms with Crippen LogP contribution in [0, 0.1) is 0 Å². The first-order chi connectivity index (χ1) is 6.21. The van der Waals surface area contributed by atoms with Gasteiger partial charge in [0.05, 0.1) is 0 Å². The Kier molecular flexibility index (Phi) is 4.33. The van der Waals surface area contributed by atoms with Crippen LogP contribution in [-0.4, -0.2) is 23.7 Å². The summed E-state index contributed by atoms with van der Waals surface area (Å²) >= 11 is 0. The van der Waals surface area contributed by atoms with Crippen molar-refractivity contribution >= 4 is 23.7 Å². The molecule has 0 rings (SSSR count). The van der Waals surface area contributed by atoms with Crippen molar-refractivity contribution in [1.82, 2.24) is 0 Å². The van der Waals surface area contributed by atoms with Gasteiger partial charge in [-0.25, -0.2) is 0 Å². The van der Waals surface area contributed by atoms with Crippen LogP contribution in [0.1, 0.15) is 41.5 Å². The Morgan fingerprint density at radius 2 is 0.800 bits per heavy atom. The van der Waals surface area contributed by atoms with Crippen molar-refractivity contribution in [3.8, 4) is 0 Å². The molecule has 0 spiro atoms. The van der Waals surface area contributed by atoms with Gasteiger partial charge in [-0.1, -0.05) is 77.8 Å². The van der Waals surface area contributed by atoms with Crippen molar-refractivity contribution in [2.75, 3.05) is 0 Å². The summed E-state index contributed by atoms with van der Waals surface area (Å²) in [5.41, 5.74) is 0. The predicted molar refractivity (Wildman–Crippen MR) is 80.1 cm³/mol. The lowest BCUT2D eigenvalue weighted by atomic mass is 10.2. The van der Waals surface area contributed by atoms with Gasteiger partial charge >= 0.3 is 0 Å². The SMILES string of the molecule is CC(C)(C)[Si](C)(C)[Si-][Si](C)(C)C(C)(C)C. The van der Waals surface area contributed by atoms with Gasteiger partial charge in [0.15, 0.2) is 0 Å². The maximum atomic E-state index is 2.59. The second-order valence-corrected chi connectivity index (χ2v) is 28.1. The third kappa shape index (κ3) is 3.86. The van der Waals surface area contributed by atoms with E-state index in [-0.39, 0.29) is 0 Å². The van der Waals surface area contributed by atoms with Crippen LogP contribution in [0.5, 0.6) is 0 Å². The maximum absolute atomic E-state index is 2.59. The summed E-state index contributed by atoms with van der Waals surface area (Å²) in [5, 5.41) is 1.11. The van der Waals surface area contributed by atoms with E-state index >= 15 is 0 Å². The molecule has 0 nitrogen and oxygen atoms in total. The van der Waals surface area contributed by atoms with Gasteiger partial charge in [-0.3, -0.25) is 0 Å². The molecule has 0 atom stereocenters. The molecule has 0 unspecified atom stereocenters. The molecule has 0 N–H and O–H groups in total. The second-order valence-electron chi connectivity index (χ2n) is 7.88. The average Bonchev–Trinajstić information content (AvgIpc) is 1.77. The minimum absolute atomic E-state index is 0.557. The normalized spacial score (nSPS) is 15.6. The third-order valence-electron chi connectivity index (χ3n) is 4.38. The molecule has 0 aliphatic heterocycles. The Morgan fingerprint density at radius 1 is 0.600 bits per heavy atom. The fourth-order valence-electron chi connectivity index (χ4n) is 1.16. The molecule has 0 aromatic rings. The summed E-state index contributed by atoms with van der Waals surface area (Å²) in [6.07, 6.45) is 0. The molecule has 3 heteroatoms. The lowest BCUT2D eigenvalue weighted by molar-refractivity contribution is 0.728. The van der Waals surface area contributed by atoms with Crippen molar-refractivity contribution in [2.24, 2.45) is 0 Å². The fraction of sp³-hybridized carbons (Fsp3) is 1.00. The Bertz CT molecular complexity index is 192. The first-order valence-electron chi connectivity index (χ1n) is 6.00. The Labute approximate surface area is 102 Å². The summed E-state index contributed by atoms with van der Waals surface area (Å²) in [4.78, 5) is 0. The van der Waals surface area contributed by atoms with E-state index in [2.05, 4.69) is 67.7 Å². The fourth-order valence-corrected chi connectivity index (χ4v) is 31.2. The van der Waals surface area contributed by atoms with Gasteiger partial charge in [0.25, 0.3) is 0 Å². The lowest BCUT2D eigenvalue weighted by Gasteiger charge is -2.60. The van der Waals surface area contributed by atoms with Crippen molar-refractivity contribution in [3.63, 3.8) is 0 Å². The molecule has 15 heavy (non-hydrogen) atoms. The van der Waals surface area contributed by atoms with Crippen LogP contribution in [0.25, 0.3) is 0 Å². The van der Waals surface area contributed by atoms with Crippen LogP contribution in [0.3, 0.4) is 0 Å². The van der Waals surface area contributed by atoms with E-state index in [1.54, 1.807) is 0 Å². The highest BCUT2D eigenvalue weighted by molar-refractivity contribution is 7.53. The van der Waals surface area contributed by atoms with E-state index in [9.17, 15) is 0 Å². The quantitative estimate of drug-likeness (QED) is 0.630. The van der Waals surface area contributed by atoms with Gasteiger partial charge in [0.2, 0.25) is 0 Å². The number of hydrogen-bond acceptors (Lipinski definition) is 0. The van der Waals surface area contributed by atoms with Gasteiger partial charge in [-0.15, -0.1) is 15.2 Å². The zero-order valence-electron chi connectivity index (χ0n) is 12.5. The molecule has 0 aliphatic carbocycles. The molecular weight excluding hydrogens is 228 g/mol. The molecule has 0 aromatic heterocycles. The van der Waals surface area contributed by atoms with Crippen LogP contribution < -0.4 is 0 Å². The largest absolute Gasteiger partial charge is 0.424 e. The van der Waals surface area contributed by atoms with Gasteiger partial charge in [0.1, 0.15) is 0 Å². The molecule has 0 heterocycles. The van der Waals surface area contributed by atoms with Crippen LogP contribution in [0.2, 0.25) is 36.3 Å². The second kappa shape index (κ2) is 4.15.